The van der Waals surface area contributed by atoms with Crippen LogP contribution in [0.25, 0.3) is 32.7 Å². The molecule has 1 saturated heterocycles. The van der Waals surface area contributed by atoms with Crippen molar-refractivity contribution < 1.29 is 9.53 Å². The number of rotatable bonds is 3. The first kappa shape index (κ1) is 22.4. The highest BCUT2D eigenvalue weighted by atomic mass is 32.1. The molecule has 180 valence electrons. The van der Waals surface area contributed by atoms with Crippen LogP contribution < -0.4 is 0 Å². The van der Waals surface area contributed by atoms with E-state index >= 15 is 0 Å². The summed E-state index contributed by atoms with van der Waals surface area (Å²) < 4.78 is 7.82. The van der Waals surface area contributed by atoms with E-state index in [1.54, 1.807) is 11.3 Å². The standard InChI is InChI=1S/C27H29N5O2S/c1-15-5-6-19-12-21(23-13-28-17(3)35-23)29-24(20(19)11-15)25-22-14-31(4)27(33)16(2)32(22)26(30-25)18-7-9-34-10-8-18/h5-6,11-13,16,18H,7-10,14H2,1-4H3/t16-/m1/s1. The maximum absolute atomic E-state index is 13.0. The van der Waals surface area contributed by atoms with Crippen LogP contribution >= 0.6 is 11.3 Å². The maximum Gasteiger partial charge on any atom is 0.245 e. The van der Waals surface area contributed by atoms with E-state index in [1.165, 1.54) is 5.56 Å². The number of carbonyl (C=O) groups excluding carboxylic acids is 1. The molecule has 1 amide bonds. The molecule has 4 aromatic rings. The summed E-state index contributed by atoms with van der Waals surface area (Å²) in [5.41, 5.74) is 4.92. The minimum Gasteiger partial charge on any atom is -0.381 e. The Kier molecular flexibility index (Phi) is 5.45. The van der Waals surface area contributed by atoms with Crippen molar-refractivity contribution in [3.05, 3.63) is 52.6 Å². The molecule has 0 saturated carbocycles. The van der Waals surface area contributed by atoms with E-state index in [2.05, 4.69) is 40.7 Å². The summed E-state index contributed by atoms with van der Waals surface area (Å²) in [5, 5.41) is 3.23. The maximum atomic E-state index is 13.0. The van der Waals surface area contributed by atoms with Gasteiger partial charge in [0.1, 0.15) is 17.6 Å². The predicted molar refractivity (Wildman–Crippen MR) is 138 cm³/mol. The SMILES string of the molecule is Cc1ccc2cc(-c3cnc(C)s3)nc(-c3nc(C4CCOCC4)n4c3CN(C)C(=O)[C@H]4C)c2c1. The molecule has 0 aliphatic carbocycles. The van der Waals surface area contributed by atoms with E-state index in [1.807, 2.05) is 32.0 Å². The molecular weight excluding hydrogens is 458 g/mol. The molecule has 1 atom stereocenters. The lowest BCUT2D eigenvalue weighted by Crippen LogP contribution is -2.40. The van der Waals surface area contributed by atoms with Gasteiger partial charge in [-0.1, -0.05) is 17.7 Å². The van der Waals surface area contributed by atoms with Gasteiger partial charge in [0.25, 0.3) is 0 Å². The highest BCUT2D eigenvalue weighted by Crippen LogP contribution is 2.40. The van der Waals surface area contributed by atoms with Crippen molar-refractivity contribution in [3.63, 3.8) is 0 Å². The number of likely N-dealkylation sites (N-methyl/N-ethyl adjacent to an activating group) is 1. The lowest BCUT2D eigenvalue weighted by molar-refractivity contribution is -0.135. The number of thiazole rings is 1. The summed E-state index contributed by atoms with van der Waals surface area (Å²) >= 11 is 1.65. The van der Waals surface area contributed by atoms with Gasteiger partial charge in [0, 0.05) is 37.8 Å². The molecule has 1 fully saturated rings. The second kappa shape index (κ2) is 8.53. The number of ether oxygens (including phenoxy) is 1. The van der Waals surface area contributed by atoms with Gasteiger partial charge in [0.05, 0.1) is 33.5 Å². The third-order valence-electron chi connectivity index (χ3n) is 7.22. The number of amides is 1. The smallest absolute Gasteiger partial charge is 0.245 e. The minimum atomic E-state index is -0.289. The number of hydrogen-bond acceptors (Lipinski definition) is 6. The summed E-state index contributed by atoms with van der Waals surface area (Å²) in [6.45, 7) is 8.08. The first-order valence-corrected chi connectivity index (χ1v) is 13.0. The van der Waals surface area contributed by atoms with Crippen LogP contribution in [0.4, 0.5) is 0 Å². The zero-order valence-electron chi connectivity index (χ0n) is 20.5. The summed E-state index contributed by atoms with van der Waals surface area (Å²) in [6.07, 6.45) is 3.73. The van der Waals surface area contributed by atoms with E-state index in [9.17, 15) is 4.79 Å². The van der Waals surface area contributed by atoms with Crippen LogP contribution in [-0.4, -0.2) is 50.6 Å². The van der Waals surface area contributed by atoms with Crippen LogP contribution in [0, 0.1) is 13.8 Å². The Morgan fingerprint density at radius 3 is 2.63 bits per heavy atom. The molecule has 0 bridgehead atoms. The average Bonchev–Trinajstić information content (AvgIpc) is 3.46. The van der Waals surface area contributed by atoms with Gasteiger partial charge in [-0.2, -0.15) is 0 Å². The van der Waals surface area contributed by atoms with Gasteiger partial charge >= 0.3 is 0 Å². The highest BCUT2D eigenvalue weighted by molar-refractivity contribution is 7.15. The van der Waals surface area contributed by atoms with Gasteiger partial charge < -0.3 is 14.2 Å². The van der Waals surface area contributed by atoms with Crippen LogP contribution in [0.3, 0.4) is 0 Å². The molecular formula is C27H29N5O2S. The summed E-state index contributed by atoms with van der Waals surface area (Å²) in [5.74, 6) is 1.39. The van der Waals surface area contributed by atoms with Crippen molar-refractivity contribution in [2.75, 3.05) is 20.3 Å². The Morgan fingerprint density at radius 2 is 1.89 bits per heavy atom. The monoisotopic (exact) mass is 487 g/mol. The fourth-order valence-corrected chi connectivity index (χ4v) is 6.12. The largest absolute Gasteiger partial charge is 0.381 e. The Hall–Kier alpha value is -3.10. The van der Waals surface area contributed by atoms with Crippen molar-refractivity contribution >= 4 is 28.0 Å². The Labute approximate surface area is 208 Å². The van der Waals surface area contributed by atoms with Crippen LogP contribution in [0.2, 0.25) is 0 Å². The molecule has 0 radical (unpaired) electrons. The van der Waals surface area contributed by atoms with Crippen LogP contribution in [0.15, 0.2) is 30.5 Å². The van der Waals surface area contributed by atoms with Crippen molar-refractivity contribution in [1.29, 1.82) is 0 Å². The summed E-state index contributed by atoms with van der Waals surface area (Å²) in [7, 11) is 1.87. The van der Waals surface area contributed by atoms with Crippen LogP contribution in [-0.2, 0) is 16.1 Å². The molecule has 5 heterocycles. The number of benzene rings is 1. The highest BCUT2D eigenvalue weighted by Gasteiger charge is 2.36. The number of hydrogen-bond donors (Lipinski definition) is 0. The lowest BCUT2D eigenvalue weighted by Gasteiger charge is -2.32. The van der Waals surface area contributed by atoms with Crippen LogP contribution in [0.5, 0.6) is 0 Å². The topological polar surface area (TPSA) is 73.1 Å². The average molecular weight is 488 g/mol. The Bertz CT molecular complexity index is 1450. The molecule has 8 heteroatoms. The first-order valence-electron chi connectivity index (χ1n) is 12.2. The number of pyridine rings is 1. The molecule has 1 aromatic carbocycles. The third kappa shape index (κ3) is 3.76. The normalized spacial score (nSPS) is 18.9. The zero-order chi connectivity index (χ0) is 24.3. The van der Waals surface area contributed by atoms with E-state index in [-0.39, 0.29) is 17.9 Å². The summed E-state index contributed by atoms with van der Waals surface area (Å²) in [4.78, 5) is 30.8. The van der Waals surface area contributed by atoms with Crippen molar-refractivity contribution in [2.24, 2.45) is 0 Å². The molecule has 0 spiro atoms. The summed E-state index contributed by atoms with van der Waals surface area (Å²) in [6, 6.07) is 8.35. The zero-order valence-corrected chi connectivity index (χ0v) is 21.4. The van der Waals surface area contributed by atoms with Crippen molar-refractivity contribution in [2.45, 2.75) is 52.1 Å². The van der Waals surface area contributed by atoms with Crippen molar-refractivity contribution in [3.8, 4) is 22.0 Å². The molecule has 35 heavy (non-hydrogen) atoms. The first-order chi connectivity index (χ1) is 16.9. The second-order valence-corrected chi connectivity index (χ2v) is 11.0. The fraction of sp³-hybridized carbons (Fsp3) is 0.407. The molecule has 3 aromatic heterocycles. The van der Waals surface area contributed by atoms with E-state index in [4.69, 9.17) is 14.7 Å². The minimum absolute atomic E-state index is 0.123. The number of aryl methyl sites for hydroxylation is 2. The molecule has 0 unspecified atom stereocenters. The van der Waals surface area contributed by atoms with Gasteiger partial charge in [0.15, 0.2) is 0 Å². The van der Waals surface area contributed by atoms with Gasteiger partial charge in [0.2, 0.25) is 5.91 Å². The van der Waals surface area contributed by atoms with E-state index in [0.717, 1.165) is 75.3 Å². The van der Waals surface area contributed by atoms with E-state index in [0.29, 0.717) is 6.54 Å². The molecule has 7 nitrogen and oxygen atoms in total. The predicted octanol–water partition coefficient (Wildman–Crippen LogP) is 5.27. The van der Waals surface area contributed by atoms with Gasteiger partial charge in [-0.25, -0.2) is 15.0 Å². The number of imidazole rings is 1. The second-order valence-electron chi connectivity index (χ2n) is 9.72. The number of fused-ring (bicyclic) bond motifs is 2. The van der Waals surface area contributed by atoms with Gasteiger partial charge in [-0.05, 0) is 51.1 Å². The van der Waals surface area contributed by atoms with E-state index < -0.39 is 0 Å². The number of nitrogens with zero attached hydrogens (tertiary/aromatic N) is 5. The Balaban J connectivity index is 1.63. The molecule has 2 aliphatic heterocycles. The third-order valence-corrected chi connectivity index (χ3v) is 8.15. The Morgan fingerprint density at radius 1 is 1.09 bits per heavy atom. The van der Waals surface area contributed by atoms with Gasteiger partial charge in [-0.3, -0.25) is 4.79 Å². The van der Waals surface area contributed by atoms with Crippen molar-refractivity contribution in [1.82, 2.24) is 24.4 Å². The molecule has 0 N–H and O–H groups in total. The fourth-order valence-electron chi connectivity index (χ4n) is 5.38. The van der Waals surface area contributed by atoms with Crippen LogP contribution in [0.1, 0.15) is 53.8 Å². The van der Waals surface area contributed by atoms with Gasteiger partial charge in [-0.15, -0.1) is 11.3 Å². The molecule has 6 rings (SSSR count). The quantitative estimate of drug-likeness (QED) is 0.394. The lowest BCUT2D eigenvalue weighted by atomic mass is 9.98. The number of aromatic nitrogens is 4. The molecule has 2 aliphatic rings. The number of carbonyl (C=O) groups is 1.